The molecule has 0 spiro atoms. The molecule has 0 heterocycles. The van der Waals surface area contributed by atoms with Crippen molar-refractivity contribution in [2.45, 2.75) is 24.8 Å². The number of amides is 1. The summed E-state index contributed by atoms with van der Waals surface area (Å²) in [4.78, 5) is 20.8. The van der Waals surface area contributed by atoms with E-state index in [0.717, 1.165) is 18.2 Å². The largest absolute Gasteiger partial charge is 0.397 e. The summed E-state index contributed by atoms with van der Waals surface area (Å²) in [6, 6.07) is 1.85. The van der Waals surface area contributed by atoms with Gasteiger partial charge in [-0.3, -0.25) is 14.9 Å². The van der Waals surface area contributed by atoms with Crippen LogP contribution in [0.15, 0.2) is 23.1 Å². The lowest BCUT2D eigenvalue weighted by Gasteiger charge is -2.19. The van der Waals surface area contributed by atoms with E-state index < -0.39 is 26.9 Å². The average Bonchev–Trinajstić information content (AvgIpc) is 2.34. The molecule has 0 aliphatic heterocycles. The fourth-order valence-electron chi connectivity index (χ4n) is 1.65. The van der Waals surface area contributed by atoms with E-state index in [1.165, 1.54) is 0 Å². The molecule has 1 rings (SSSR count). The van der Waals surface area contributed by atoms with Gasteiger partial charge in [0.1, 0.15) is 10.9 Å². The van der Waals surface area contributed by atoms with E-state index in [9.17, 15) is 23.3 Å². The first-order valence-electron chi connectivity index (χ1n) is 5.92. The van der Waals surface area contributed by atoms with Crippen LogP contribution in [-0.2, 0) is 14.8 Å². The number of rotatable bonds is 6. The van der Waals surface area contributed by atoms with Gasteiger partial charge in [-0.2, -0.15) is 4.72 Å². The van der Waals surface area contributed by atoms with Crippen molar-refractivity contribution in [2.24, 2.45) is 11.7 Å². The number of nitrogens with two attached hydrogens (primary N) is 2. The van der Waals surface area contributed by atoms with Crippen molar-refractivity contribution >= 4 is 27.3 Å². The monoisotopic (exact) mass is 316 g/mol. The molecule has 0 saturated carbocycles. The van der Waals surface area contributed by atoms with Crippen molar-refractivity contribution in [2.75, 3.05) is 5.73 Å². The molecule has 10 heteroatoms. The molecule has 116 valence electrons. The lowest BCUT2D eigenvalue weighted by molar-refractivity contribution is -0.384. The van der Waals surface area contributed by atoms with Crippen LogP contribution in [0.4, 0.5) is 11.4 Å². The number of sulfonamides is 1. The Hall–Kier alpha value is -2.20. The number of nitro benzene ring substituents is 1. The predicted octanol–water partition coefficient (Wildman–Crippen LogP) is -0.0348. The molecule has 5 N–H and O–H groups in total. The molecule has 0 aliphatic carbocycles. The third-order valence-corrected chi connectivity index (χ3v) is 4.26. The SMILES string of the molecule is CC(C)C(NS(=O)(=O)c1ccc([N+](=O)[O-])cc1N)C(N)=O. The van der Waals surface area contributed by atoms with Crippen LogP contribution in [0.25, 0.3) is 0 Å². The van der Waals surface area contributed by atoms with Crippen molar-refractivity contribution < 1.29 is 18.1 Å². The van der Waals surface area contributed by atoms with Crippen LogP contribution in [0.1, 0.15) is 13.8 Å². The first-order chi connectivity index (χ1) is 9.56. The molecule has 0 aromatic heterocycles. The van der Waals surface area contributed by atoms with Crippen molar-refractivity contribution in [1.29, 1.82) is 0 Å². The lowest BCUT2D eigenvalue weighted by atomic mass is 10.1. The summed E-state index contributed by atoms with van der Waals surface area (Å²) in [7, 11) is -4.12. The number of nitrogens with one attached hydrogen (secondary N) is 1. The lowest BCUT2D eigenvalue weighted by Crippen LogP contribution is -2.47. The number of hydrogen-bond acceptors (Lipinski definition) is 6. The summed E-state index contributed by atoms with van der Waals surface area (Å²) >= 11 is 0. The molecular weight excluding hydrogens is 300 g/mol. The Kier molecular flexibility index (Phi) is 4.86. The minimum Gasteiger partial charge on any atom is -0.397 e. The van der Waals surface area contributed by atoms with Crippen molar-refractivity contribution in [3.8, 4) is 0 Å². The maximum Gasteiger partial charge on any atom is 0.271 e. The molecule has 1 unspecified atom stereocenters. The van der Waals surface area contributed by atoms with Gasteiger partial charge in [0, 0.05) is 12.1 Å². The van der Waals surface area contributed by atoms with Crippen LogP contribution >= 0.6 is 0 Å². The zero-order valence-electron chi connectivity index (χ0n) is 11.4. The van der Waals surface area contributed by atoms with E-state index in [4.69, 9.17) is 11.5 Å². The standard InChI is InChI=1S/C11H16N4O5S/c1-6(2)10(11(13)16)14-21(19,20)9-4-3-7(15(17)18)5-8(9)12/h3-6,10,14H,12H2,1-2H3,(H2,13,16). The maximum atomic E-state index is 12.2. The van der Waals surface area contributed by atoms with E-state index in [2.05, 4.69) is 4.72 Å². The third kappa shape index (κ3) is 3.89. The topological polar surface area (TPSA) is 158 Å². The Morgan fingerprint density at radius 1 is 1.38 bits per heavy atom. The molecule has 0 aliphatic rings. The average molecular weight is 316 g/mol. The number of hydrogen-bond donors (Lipinski definition) is 3. The summed E-state index contributed by atoms with van der Waals surface area (Å²) in [5.41, 5.74) is 10.1. The number of non-ortho nitro benzene ring substituents is 1. The number of nitrogens with zero attached hydrogens (tertiary/aromatic N) is 1. The van der Waals surface area contributed by atoms with Crippen molar-refractivity contribution in [3.63, 3.8) is 0 Å². The van der Waals surface area contributed by atoms with Gasteiger partial charge in [0.2, 0.25) is 15.9 Å². The Morgan fingerprint density at radius 2 is 1.95 bits per heavy atom. The van der Waals surface area contributed by atoms with E-state index in [0.29, 0.717) is 0 Å². The Bertz CT molecular complexity index is 671. The summed E-state index contributed by atoms with van der Waals surface area (Å²) < 4.78 is 26.5. The van der Waals surface area contributed by atoms with Crippen LogP contribution in [0, 0.1) is 16.0 Å². The van der Waals surface area contributed by atoms with Gasteiger partial charge in [0.05, 0.1) is 10.6 Å². The number of nitro groups is 1. The summed E-state index contributed by atoms with van der Waals surface area (Å²) in [6.07, 6.45) is 0. The first-order valence-corrected chi connectivity index (χ1v) is 7.40. The highest BCUT2D eigenvalue weighted by Gasteiger charge is 2.28. The minimum atomic E-state index is -4.12. The Morgan fingerprint density at radius 3 is 2.33 bits per heavy atom. The van der Waals surface area contributed by atoms with Crippen LogP contribution in [0.2, 0.25) is 0 Å². The number of primary amides is 1. The minimum absolute atomic E-state index is 0.288. The van der Waals surface area contributed by atoms with E-state index in [1.807, 2.05) is 0 Å². The molecule has 0 saturated heterocycles. The molecule has 0 radical (unpaired) electrons. The number of benzene rings is 1. The maximum absolute atomic E-state index is 12.2. The highest BCUT2D eigenvalue weighted by molar-refractivity contribution is 7.89. The fraction of sp³-hybridized carbons (Fsp3) is 0.364. The van der Waals surface area contributed by atoms with E-state index in [-0.39, 0.29) is 22.2 Å². The highest BCUT2D eigenvalue weighted by atomic mass is 32.2. The quantitative estimate of drug-likeness (QED) is 0.379. The summed E-state index contributed by atoms with van der Waals surface area (Å²) in [6.45, 7) is 3.24. The number of anilines is 1. The van der Waals surface area contributed by atoms with Gasteiger partial charge in [0.15, 0.2) is 0 Å². The first kappa shape index (κ1) is 16.9. The second-order valence-electron chi connectivity index (χ2n) is 4.72. The third-order valence-electron chi connectivity index (χ3n) is 2.75. The summed E-state index contributed by atoms with van der Waals surface area (Å²) in [5.74, 6) is -1.19. The van der Waals surface area contributed by atoms with Gasteiger partial charge in [-0.15, -0.1) is 0 Å². The van der Waals surface area contributed by atoms with Gasteiger partial charge < -0.3 is 11.5 Å². The molecule has 1 atom stereocenters. The smallest absolute Gasteiger partial charge is 0.271 e. The number of nitrogen functional groups attached to an aromatic ring is 1. The molecule has 1 aromatic carbocycles. The predicted molar refractivity (Wildman–Crippen MR) is 75.7 cm³/mol. The van der Waals surface area contributed by atoms with Crippen LogP contribution in [0.3, 0.4) is 0 Å². The van der Waals surface area contributed by atoms with Crippen molar-refractivity contribution in [1.82, 2.24) is 4.72 Å². The van der Waals surface area contributed by atoms with Crippen LogP contribution < -0.4 is 16.2 Å². The molecule has 1 amide bonds. The zero-order chi connectivity index (χ0) is 16.4. The van der Waals surface area contributed by atoms with E-state index >= 15 is 0 Å². The highest BCUT2D eigenvalue weighted by Crippen LogP contribution is 2.24. The Labute approximate surface area is 121 Å². The molecule has 1 aromatic rings. The van der Waals surface area contributed by atoms with Gasteiger partial charge in [-0.05, 0) is 12.0 Å². The molecule has 0 fully saturated rings. The van der Waals surface area contributed by atoms with Crippen LogP contribution in [0.5, 0.6) is 0 Å². The van der Waals surface area contributed by atoms with Crippen molar-refractivity contribution in [3.05, 3.63) is 28.3 Å². The zero-order valence-corrected chi connectivity index (χ0v) is 12.3. The normalized spacial score (nSPS) is 13.1. The summed E-state index contributed by atoms with van der Waals surface area (Å²) in [5, 5.41) is 10.6. The van der Waals surface area contributed by atoms with Crippen LogP contribution in [-0.4, -0.2) is 25.3 Å². The molecule has 21 heavy (non-hydrogen) atoms. The number of carbonyl (C=O) groups is 1. The van der Waals surface area contributed by atoms with Gasteiger partial charge in [0.25, 0.3) is 5.69 Å². The van der Waals surface area contributed by atoms with E-state index in [1.54, 1.807) is 13.8 Å². The second kappa shape index (κ2) is 6.06. The second-order valence-corrected chi connectivity index (χ2v) is 6.41. The van der Waals surface area contributed by atoms with Gasteiger partial charge in [-0.1, -0.05) is 13.8 Å². The van der Waals surface area contributed by atoms with Gasteiger partial charge in [-0.25, -0.2) is 8.42 Å². The molecule has 9 nitrogen and oxygen atoms in total. The molecule has 0 bridgehead atoms. The fourth-order valence-corrected chi connectivity index (χ4v) is 3.11. The van der Waals surface area contributed by atoms with Gasteiger partial charge >= 0.3 is 0 Å². The Balaban J connectivity index is 3.19. The number of carbonyl (C=O) groups excluding carboxylic acids is 1. The molecular formula is C11H16N4O5S.